The molecule has 0 spiro atoms. The highest BCUT2D eigenvalue weighted by Crippen LogP contribution is 2.12. The van der Waals surface area contributed by atoms with Crippen LogP contribution in [-0.4, -0.2) is 29.5 Å². The molecule has 1 aromatic rings. The first-order valence-corrected chi connectivity index (χ1v) is 5.80. The molecule has 0 aliphatic carbocycles. The molecule has 2 N–H and O–H groups in total. The second kappa shape index (κ2) is 4.57. The van der Waals surface area contributed by atoms with E-state index in [-0.39, 0.29) is 0 Å². The number of hydrogen-bond acceptors (Lipinski definition) is 4. The molecule has 0 atom stereocenters. The minimum absolute atomic E-state index is 0.679. The molecule has 0 saturated heterocycles. The summed E-state index contributed by atoms with van der Waals surface area (Å²) in [6.07, 6.45) is 6.68. The molecule has 1 aliphatic rings. The number of thiazole rings is 1. The second-order valence-electron chi connectivity index (χ2n) is 3.49. The smallest absolute Gasteiger partial charge is 0.180 e. The van der Waals surface area contributed by atoms with Gasteiger partial charge in [0.15, 0.2) is 5.13 Å². The van der Waals surface area contributed by atoms with Gasteiger partial charge in [-0.25, -0.2) is 4.98 Å². The summed E-state index contributed by atoms with van der Waals surface area (Å²) in [5.74, 6) is 0. The molecule has 0 radical (unpaired) electrons. The first-order valence-electron chi connectivity index (χ1n) is 4.92. The number of nitrogens with zero attached hydrogens (tertiary/aromatic N) is 2. The van der Waals surface area contributed by atoms with Gasteiger partial charge in [0, 0.05) is 31.4 Å². The summed E-state index contributed by atoms with van der Waals surface area (Å²) in [4.78, 5) is 6.69. The van der Waals surface area contributed by atoms with E-state index in [1.165, 1.54) is 24.3 Å². The molecule has 3 nitrogen and oxygen atoms in total. The lowest BCUT2D eigenvalue weighted by atomic mass is 10.2. The maximum absolute atomic E-state index is 5.57. The van der Waals surface area contributed by atoms with Crippen molar-refractivity contribution in [2.75, 3.05) is 25.4 Å². The Balaban J connectivity index is 1.79. The fourth-order valence-electron chi connectivity index (χ4n) is 1.60. The van der Waals surface area contributed by atoms with Crippen molar-refractivity contribution < 1.29 is 0 Å². The van der Waals surface area contributed by atoms with Gasteiger partial charge in [-0.1, -0.05) is 12.2 Å². The number of anilines is 1. The number of aromatic nitrogens is 1. The van der Waals surface area contributed by atoms with Gasteiger partial charge in [-0.3, -0.25) is 4.90 Å². The Morgan fingerprint density at radius 3 is 3.07 bits per heavy atom. The summed E-state index contributed by atoms with van der Waals surface area (Å²) in [7, 11) is 0. The summed E-state index contributed by atoms with van der Waals surface area (Å²) in [6, 6.07) is 0. The highest BCUT2D eigenvalue weighted by molar-refractivity contribution is 7.13. The Kier molecular flexibility index (Phi) is 3.16. The first kappa shape index (κ1) is 9.68. The lowest BCUT2D eigenvalue weighted by Gasteiger charge is -2.22. The second-order valence-corrected chi connectivity index (χ2v) is 4.38. The molecule has 1 aliphatic heterocycles. The summed E-state index contributed by atoms with van der Waals surface area (Å²) in [6.45, 7) is 3.35. The predicted molar refractivity (Wildman–Crippen MR) is 60.4 cm³/mol. The molecule has 0 unspecified atom stereocenters. The van der Waals surface area contributed by atoms with Crippen LogP contribution in [0.25, 0.3) is 0 Å². The van der Waals surface area contributed by atoms with Gasteiger partial charge in [0.1, 0.15) is 0 Å². The van der Waals surface area contributed by atoms with Gasteiger partial charge >= 0.3 is 0 Å². The van der Waals surface area contributed by atoms with Gasteiger partial charge in [0.25, 0.3) is 0 Å². The molecule has 2 heterocycles. The van der Waals surface area contributed by atoms with Crippen molar-refractivity contribution >= 4 is 16.5 Å². The summed E-state index contributed by atoms with van der Waals surface area (Å²) in [5.41, 5.74) is 6.70. The molecule has 4 heteroatoms. The fourth-order valence-corrected chi connectivity index (χ4v) is 2.20. The molecular formula is C10H15N3S. The largest absolute Gasteiger partial charge is 0.375 e. The monoisotopic (exact) mass is 209 g/mol. The molecule has 76 valence electrons. The first-order chi connectivity index (χ1) is 6.84. The van der Waals surface area contributed by atoms with Crippen molar-refractivity contribution in [1.29, 1.82) is 0 Å². The minimum atomic E-state index is 0.679. The van der Waals surface area contributed by atoms with Crippen LogP contribution < -0.4 is 5.73 Å². The lowest BCUT2D eigenvalue weighted by molar-refractivity contribution is 0.302. The van der Waals surface area contributed by atoms with Gasteiger partial charge in [-0.15, -0.1) is 11.3 Å². The van der Waals surface area contributed by atoms with E-state index in [4.69, 9.17) is 5.73 Å². The van der Waals surface area contributed by atoms with E-state index in [0.717, 1.165) is 25.2 Å². The van der Waals surface area contributed by atoms with Crippen LogP contribution >= 0.6 is 11.3 Å². The highest BCUT2D eigenvalue weighted by atomic mass is 32.1. The zero-order valence-electron chi connectivity index (χ0n) is 8.15. The summed E-state index contributed by atoms with van der Waals surface area (Å²) >= 11 is 1.53. The molecule has 0 aromatic carbocycles. The third kappa shape index (κ3) is 2.56. The van der Waals surface area contributed by atoms with Crippen molar-refractivity contribution in [3.8, 4) is 0 Å². The Morgan fingerprint density at radius 2 is 2.43 bits per heavy atom. The molecule has 2 rings (SSSR count). The topological polar surface area (TPSA) is 42.1 Å². The van der Waals surface area contributed by atoms with Crippen LogP contribution in [-0.2, 0) is 6.42 Å². The number of nitrogens with two attached hydrogens (primary N) is 1. The molecule has 0 saturated carbocycles. The normalized spacial score (nSPS) is 17.4. The number of hydrogen-bond donors (Lipinski definition) is 1. The van der Waals surface area contributed by atoms with E-state index < -0.39 is 0 Å². The standard InChI is InChI=1S/C10H15N3S/c11-10-12-9(8-14-10)4-7-13-5-2-1-3-6-13/h1-2,8H,3-7H2,(H2,11,12). The van der Waals surface area contributed by atoms with Crippen LogP contribution in [0.1, 0.15) is 12.1 Å². The zero-order valence-corrected chi connectivity index (χ0v) is 8.96. The maximum Gasteiger partial charge on any atom is 0.180 e. The zero-order chi connectivity index (χ0) is 9.80. The van der Waals surface area contributed by atoms with Crippen LogP contribution in [0.15, 0.2) is 17.5 Å². The van der Waals surface area contributed by atoms with Crippen LogP contribution in [0.3, 0.4) is 0 Å². The van der Waals surface area contributed by atoms with Gasteiger partial charge in [0.05, 0.1) is 5.69 Å². The Morgan fingerprint density at radius 1 is 1.50 bits per heavy atom. The van der Waals surface area contributed by atoms with E-state index >= 15 is 0 Å². The molecule has 0 bridgehead atoms. The molecule has 0 fully saturated rings. The van der Waals surface area contributed by atoms with Crippen molar-refractivity contribution in [2.24, 2.45) is 0 Å². The lowest BCUT2D eigenvalue weighted by Crippen LogP contribution is -2.29. The summed E-state index contributed by atoms with van der Waals surface area (Å²) in [5, 5.41) is 2.73. The Bertz CT molecular complexity index is 319. The van der Waals surface area contributed by atoms with Gasteiger partial charge < -0.3 is 5.73 Å². The van der Waals surface area contributed by atoms with E-state index in [1.54, 1.807) is 0 Å². The molecular weight excluding hydrogens is 194 g/mol. The van der Waals surface area contributed by atoms with Gasteiger partial charge in [-0.2, -0.15) is 0 Å². The van der Waals surface area contributed by atoms with Crippen molar-refractivity contribution in [1.82, 2.24) is 9.88 Å². The Hall–Kier alpha value is -0.870. The average Bonchev–Trinajstić information content (AvgIpc) is 2.63. The number of rotatable bonds is 3. The predicted octanol–water partition coefficient (Wildman–Crippen LogP) is 1.53. The van der Waals surface area contributed by atoms with Crippen LogP contribution in [0.2, 0.25) is 0 Å². The van der Waals surface area contributed by atoms with Crippen molar-refractivity contribution in [3.63, 3.8) is 0 Å². The van der Waals surface area contributed by atoms with Crippen LogP contribution in [0.5, 0.6) is 0 Å². The quantitative estimate of drug-likeness (QED) is 0.768. The minimum Gasteiger partial charge on any atom is -0.375 e. The van der Waals surface area contributed by atoms with Gasteiger partial charge in [0.2, 0.25) is 0 Å². The van der Waals surface area contributed by atoms with Crippen molar-refractivity contribution in [2.45, 2.75) is 12.8 Å². The van der Waals surface area contributed by atoms with E-state index in [0.29, 0.717) is 5.13 Å². The van der Waals surface area contributed by atoms with E-state index in [1.807, 2.05) is 0 Å². The van der Waals surface area contributed by atoms with E-state index in [9.17, 15) is 0 Å². The third-order valence-corrected chi connectivity index (χ3v) is 3.12. The highest BCUT2D eigenvalue weighted by Gasteiger charge is 2.06. The number of nitrogen functional groups attached to an aromatic ring is 1. The third-order valence-electron chi connectivity index (χ3n) is 2.40. The maximum atomic E-state index is 5.57. The van der Waals surface area contributed by atoms with Crippen LogP contribution in [0.4, 0.5) is 5.13 Å². The molecule has 1 aromatic heterocycles. The fraction of sp³-hybridized carbons (Fsp3) is 0.500. The molecule has 0 amide bonds. The van der Waals surface area contributed by atoms with Crippen LogP contribution in [0, 0.1) is 0 Å². The average molecular weight is 209 g/mol. The molecule has 14 heavy (non-hydrogen) atoms. The SMILES string of the molecule is Nc1nc(CCN2CC=CCC2)cs1. The van der Waals surface area contributed by atoms with Gasteiger partial charge in [-0.05, 0) is 6.42 Å². The van der Waals surface area contributed by atoms with Crippen molar-refractivity contribution in [3.05, 3.63) is 23.2 Å². The Labute approximate surface area is 88.3 Å². The van der Waals surface area contributed by atoms with E-state index in [2.05, 4.69) is 27.4 Å². The summed E-state index contributed by atoms with van der Waals surface area (Å²) < 4.78 is 0.